The molecule has 4 aromatic rings. The Morgan fingerprint density at radius 1 is 1.06 bits per heavy atom. The monoisotopic (exact) mass is 433 g/mol. The molecule has 7 heteroatoms. The number of aromatic nitrogens is 3. The van der Waals surface area contributed by atoms with E-state index in [1.165, 1.54) is 4.57 Å². The molecular formula is C24H20ClN3O3. The zero-order chi connectivity index (χ0) is 21.4. The van der Waals surface area contributed by atoms with Gasteiger partial charge >= 0.3 is 5.69 Å². The lowest BCUT2D eigenvalue weighted by atomic mass is 9.91. The molecule has 0 atom stereocenters. The van der Waals surface area contributed by atoms with Crippen LogP contribution in [0.5, 0.6) is 0 Å². The Balaban J connectivity index is 1.67. The van der Waals surface area contributed by atoms with Gasteiger partial charge in [0.1, 0.15) is 0 Å². The standard InChI is InChI=1S/C24H20ClN3O3/c25-20-4-2-1-3-17(20)16-5-6-19-21(13-16)27-24(30)28(23(19)29)22-14-26-10-7-18(22)15-8-11-31-12-9-15/h1-7,10,13-15H,8-9,11-12H2,(H,27,30). The molecule has 3 heterocycles. The molecule has 2 aromatic carbocycles. The predicted octanol–water partition coefficient (Wildman–Crippen LogP) is 4.29. The second-order valence-corrected chi connectivity index (χ2v) is 8.04. The van der Waals surface area contributed by atoms with E-state index < -0.39 is 5.69 Å². The van der Waals surface area contributed by atoms with Crippen LogP contribution in [0.4, 0.5) is 0 Å². The van der Waals surface area contributed by atoms with Gasteiger partial charge in [-0.25, -0.2) is 9.36 Å². The van der Waals surface area contributed by atoms with Gasteiger partial charge in [0.15, 0.2) is 0 Å². The molecule has 1 aliphatic heterocycles. The average Bonchev–Trinajstić information content (AvgIpc) is 2.80. The van der Waals surface area contributed by atoms with Crippen LogP contribution in [0.25, 0.3) is 27.7 Å². The number of fused-ring (bicyclic) bond motifs is 1. The first-order valence-corrected chi connectivity index (χ1v) is 10.6. The van der Waals surface area contributed by atoms with E-state index in [1.54, 1.807) is 24.5 Å². The first-order chi connectivity index (χ1) is 15.1. The van der Waals surface area contributed by atoms with Crippen LogP contribution in [0.15, 0.2) is 70.5 Å². The van der Waals surface area contributed by atoms with Crippen molar-refractivity contribution in [1.29, 1.82) is 0 Å². The van der Waals surface area contributed by atoms with E-state index in [0.29, 0.717) is 34.8 Å². The second kappa shape index (κ2) is 8.13. The van der Waals surface area contributed by atoms with Crippen molar-refractivity contribution in [2.75, 3.05) is 13.2 Å². The van der Waals surface area contributed by atoms with Crippen molar-refractivity contribution < 1.29 is 4.74 Å². The number of halogens is 1. The smallest absolute Gasteiger partial charge is 0.333 e. The predicted molar refractivity (Wildman–Crippen MR) is 121 cm³/mol. The van der Waals surface area contributed by atoms with Crippen LogP contribution < -0.4 is 11.2 Å². The summed E-state index contributed by atoms with van der Waals surface area (Å²) in [5, 5.41) is 1.03. The maximum atomic E-state index is 13.4. The molecular weight excluding hydrogens is 414 g/mol. The highest BCUT2D eigenvalue weighted by Crippen LogP contribution is 2.31. The molecule has 2 aromatic heterocycles. The van der Waals surface area contributed by atoms with Gasteiger partial charge in [0, 0.05) is 30.0 Å². The number of aromatic amines is 1. The van der Waals surface area contributed by atoms with E-state index in [2.05, 4.69) is 9.97 Å². The van der Waals surface area contributed by atoms with Crippen molar-refractivity contribution >= 4 is 22.5 Å². The lowest BCUT2D eigenvalue weighted by Gasteiger charge is -2.24. The quantitative estimate of drug-likeness (QED) is 0.523. The summed E-state index contributed by atoms with van der Waals surface area (Å²) >= 11 is 6.32. The number of pyridine rings is 1. The maximum absolute atomic E-state index is 13.4. The van der Waals surface area contributed by atoms with Crippen LogP contribution in [0, 0.1) is 0 Å². The largest absolute Gasteiger partial charge is 0.381 e. The molecule has 6 nitrogen and oxygen atoms in total. The van der Waals surface area contributed by atoms with Gasteiger partial charge in [-0.3, -0.25) is 9.78 Å². The topological polar surface area (TPSA) is 77.0 Å². The molecule has 1 N–H and O–H groups in total. The lowest BCUT2D eigenvalue weighted by molar-refractivity contribution is 0.0853. The Bertz CT molecular complexity index is 1390. The zero-order valence-corrected chi connectivity index (χ0v) is 17.4. The Labute approximate surface area is 183 Å². The normalized spacial score (nSPS) is 14.7. The summed E-state index contributed by atoms with van der Waals surface area (Å²) in [6.45, 7) is 1.33. The molecule has 31 heavy (non-hydrogen) atoms. The third kappa shape index (κ3) is 3.58. The van der Waals surface area contributed by atoms with Gasteiger partial charge < -0.3 is 9.72 Å². The van der Waals surface area contributed by atoms with Crippen molar-refractivity contribution in [3.8, 4) is 16.8 Å². The minimum atomic E-state index is -0.491. The molecule has 0 amide bonds. The fraction of sp³-hybridized carbons (Fsp3) is 0.208. The Hall–Kier alpha value is -3.22. The summed E-state index contributed by atoms with van der Waals surface area (Å²) in [4.78, 5) is 33.5. The van der Waals surface area contributed by atoms with Crippen LogP contribution >= 0.6 is 11.6 Å². The van der Waals surface area contributed by atoms with Crippen molar-refractivity contribution in [2.24, 2.45) is 0 Å². The minimum Gasteiger partial charge on any atom is -0.381 e. The van der Waals surface area contributed by atoms with Crippen LogP contribution in [-0.2, 0) is 4.74 Å². The van der Waals surface area contributed by atoms with Crippen molar-refractivity contribution in [2.45, 2.75) is 18.8 Å². The van der Waals surface area contributed by atoms with E-state index in [-0.39, 0.29) is 11.5 Å². The van der Waals surface area contributed by atoms with E-state index in [1.807, 2.05) is 36.4 Å². The summed E-state index contributed by atoms with van der Waals surface area (Å²) in [7, 11) is 0. The number of H-pyrrole nitrogens is 1. The van der Waals surface area contributed by atoms with E-state index in [0.717, 1.165) is 29.5 Å². The number of hydrogen-bond acceptors (Lipinski definition) is 4. The molecule has 0 aliphatic carbocycles. The van der Waals surface area contributed by atoms with E-state index in [4.69, 9.17) is 16.3 Å². The van der Waals surface area contributed by atoms with Gasteiger partial charge in [-0.05, 0) is 54.2 Å². The highest BCUT2D eigenvalue weighted by Gasteiger charge is 2.22. The van der Waals surface area contributed by atoms with E-state index in [9.17, 15) is 9.59 Å². The molecule has 0 saturated carbocycles. The maximum Gasteiger partial charge on any atom is 0.333 e. The SMILES string of the molecule is O=c1[nH]c2cc(-c3ccccc3Cl)ccc2c(=O)n1-c1cnccc1C1CCOCC1. The molecule has 0 radical (unpaired) electrons. The van der Waals surface area contributed by atoms with Gasteiger partial charge in [-0.2, -0.15) is 0 Å². The molecule has 0 spiro atoms. The Morgan fingerprint density at radius 2 is 1.87 bits per heavy atom. The Kier molecular flexibility index (Phi) is 5.18. The molecule has 5 rings (SSSR count). The van der Waals surface area contributed by atoms with Gasteiger partial charge in [-0.1, -0.05) is 35.9 Å². The average molecular weight is 434 g/mol. The third-order valence-electron chi connectivity index (χ3n) is 5.82. The lowest BCUT2D eigenvalue weighted by Crippen LogP contribution is -2.34. The third-order valence-corrected chi connectivity index (χ3v) is 6.15. The van der Waals surface area contributed by atoms with E-state index >= 15 is 0 Å². The fourth-order valence-corrected chi connectivity index (χ4v) is 4.48. The molecule has 1 aliphatic rings. The number of nitrogens with zero attached hydrogens (tertiary/aromatic N) is 2. The number of nitrogens with one attached hydrogen (secondary N) is 1. The summed E-state index contributed by atoms with van der Waals surface area (Å²) < 4.78 is 6.66. The molecule has 0 bridgehead atoms. The van der Waals surface area contributed by atoms with Crippen LogP contribution in [0.2, 0.25) is 5.02 Å². The van der Waals surface area contributed by atoms with Gasteiger partial charge in [0.2, 0.25) is 0 Å². The summed E-state index contributed by atoms with van der Waals surface area (Å²) in [6.07, 6.45) is 4.98. The number of rotatable bonds is 3. The fourth-order valence-electron chi connectivity index (χ4n) is 4.24. The second-order valence-electron chi connectivity index (χ2n) is 7.63. The number of hydrogen-bond donors (Lipinski definition) is 1. The first kappa shape index (κ1) is 19.7. The molecule has 156 valence electrons. The van der Waals surface area contributed by atoms with Crippen molar-refractivity contribution in [3.05, 3.63) is 92.3 Å². The van der Waals surface area contributed by atoms with Crippen molar-refractivity contribution in [3.63, 3.8) is 0 Å². The molecule has 0 unspecified atom stereocenters. The highest BCUT2D eigenvalue weighted by molar-refractivity contribution is 6.33. The summed E-state index contributed by atoms with van der Waals surface area (Å²) in [5.74, 6) is 0.219. The van der Waals surface area contributed by atoms with Gasteiger partial charge in [0.25, 0.3) is 5.56 Å². The Morgan fingerprint density at radius 3 is 2.68 bits per heavy atom. The highest BCUT2D eigenvalue weighted by atomic mass is 35.5. The number of ether oxygens (including phenoxy) is 1. The first-order valence-electron chi connectivity index (χ1n) is 10.2. The zero-order valence-electron chi connectivity index (χ0n) is 16.7. The molecule has 1 fully saturated rings. The van der Waals surface area contributed by atoms with Crippen LogP contribution in [0.1, 0.15) is 24.3 Å². The van der Waals surface area contributed by atoms with Crippen LogP contribution in [-0.4, -0.2) is 27.7 Å². The number of benzene rings is 2. The molecule has 1 saturated heterocycles. The van der Waals surface area contributed by atoms with Crippen molar-refractivity contribution in [1.82, 2.24) is 14.5 Å². The summed E-state index contributed by atoms with van der Waals surface area (Å²) in [5.41, 5.74) is 2.75. The minimum absolute atomic E-state index is 0.219. The van der Waals surface area contributed by atoms with Gasteiger partial charge in [0.05, 0.1) is 22.8 Å². The van der Waals surface area contributed by atoms with Gasteiger partial charge in [-0.15, -0.1) is 0 Å². The van der Waals surface area contributed by atoms with Crippen LogP contribution in [0.3, 0.4) is 0 Å². The summed E-state index contributed by atoms with van der Waals surface area (Å²) in [6, 6.07) is 14.7.